The first kappa shape index (κ1) is 28.0. The molecule has 1 N–H and O–H groups in total. The number of halogens is 2. The topological polar surface area (TPSA) is 109 Å². The molecule has 0 radical (unpaired) electrons. The second-order valence-electron chi connectivity index (χ2n) is 8.52. The summed E-state index contributed by atoms with van der Waals surface area (Å²) in [6.07, 6.45) is 8.07. The summed E-state index contributed by atoms with van der Waals surface area (Å²) in [5.41, 5.74) is 1.78. The lowest BCUT2D eigenvalue weighted by Crippen LogP contribution is -2.28. The highest BCUT2D eigenvalue weighted by atomic mass is 79.9. The molecule has 1 aliphatic heterocycles. The molecule has 0 atom stereocenters. The molecule has 3 heterocycles. The normalized spacial score (nSPS) is 15.3. The largest absolute Gasteiger partial charge is 0.483 e. The van der Waals surface area contributed by atoms with Crippen molar-refractivity contribution in [1.29, 1.82) is 0 Å². The highest BCUT2D eigenvalue weighted by molar-refractivity contribution is 9.10. The lowest BCUT2D eigenvalue weighted by Gasteiger charge is -2.13. The van der Waals surface area contributed by atoms with Crippen LogP contribution in [0.3, 0.4) is 0 Å². The molecule has 2 aromatic carbocycles. The first-order valence-electron chi connectivity index (χ1n) is 12.2. The number of rotatable bonds is 9. The monoisotopic (exact) mass is 633 g/mol. The number of thioether (sulfide) groups is 1. The van der Waals surface area contributed by atoms with Crippen molar-refractivity contribution in [1.82, 2.24) is 9.88 Å². The molecule has 0 aliphatic carbocycles. The number of aromatic nitrogens is 1. The van der Waals surface area contributed by atoms with Crippen molar-refractivity contribution < 1.29 is 23.1 Å². The van der Waals surface area contributed by atoms with E-state index >= 15 is 0 Å². The maximum Gasteiger partial charge on any atom is 0.267 e. The standard InChI is InChI=1S/C29H21BrFN5O4S/c30-21-5-10-25(40-18-27(37)34-23-8-6-22(31)7-9-23)20(13-21)14-26-28(38)36(17-24-4-2-12-39-24)29(41-26)35-33-16-19-3-1-11-32-15-19/h1-16H,17-18H2,(H,34,37)/b26-14-,33-16-,35-29+. The molecule has 0 bridgehead atoms. The van der Waals surface area contributed by atoms with Crippen molar-refractivity contribution in [2.75, 3.05) is 11.9 Å². The zero-order valence-electron chi connectivity index (χ0n) is 21.2. The maximum absolute atomic E-state index is 13.5. The van der Waals surface area contributed by atoms with E-state index < -0.39 is 11.7 Å². The second-order valence-corrected chi connectivity index (χ2v) is 10.4. The Labute approximate surface area is 247 Å². The minimum Gasteiger partial charge on any atom is -0.483 e. The van der Waals surface area contributed by atoms with E-state index in [4.69, 9.17) is 9.15 Å². The molecule has 2 aromatic heterocycles. The molecular weight excluding hydrogens is 613 g/mol. The molecule has 0 spiro atoms. The molecule has 5 rings (SSSR count). The minimum absolute atomic E-state index is 0.169. The summed E-state index contributed by atoms with van der Waals surface area (Å²) in [7, 11) is 0. The van der Waals surface area contributed by atoms with Gasteiger partial charge in [0.05, 0.1) is 23.9 Å². The number of furan rings is 1. The van der Waals surface area contributed by atoms with Crippen LogP contribution in [0.4, 0.5) is 10.1 Å². The number of benzene rings is 2. The Morgan fingerprint density at radius 2 is 2.02 bits per heavy atom. The van der Waals surface area contributed by atoms with Gasteiger partial charge in [-0.1, -0.05) is 22.0 Å². The minimum atomic E-state index is -0.421. The van der Waals surface area contributed by atoms with Gasteiger partial charge in [-0.05, 0) is 78.5 Å². The molecule has 1 aliphatic rings. The van der Waals surface area contributed by atoms with Gasteiger partial charge in [0.25, 0.3) is 11.8 Å². The van der Waals surface area contributed by atoms with Crippen LogP contribution in [0.1, 0.15) is 16.9 Å². The second kappa shape index (κ2) is 13.2. The number of pyridine rings is 1. The zero-order chi connectivity index (χ0) is 28.6. The van der Waals surface area contributed by atoms with Crippen molar-refractivity contribution in [3.8, 4) is 5.75 Å². The van der Waals surface area contributed by atoms with Crippen LogP contribution in [-0.4, -0.2) is 39.7 Å². The quantitative estimate of drug-likeness (QED) is 0.135. The average Bonchev–Trinajstić information content (AvgIpc) is 3.59. The van der Waals surface area contributed by atoms with Gasteiger partial charge >= 0.3 is 0 Å². The highest BCUT2D eigenvalue weighted by Crippen LogP contribution is 2.36. The Hall–Kier alpha value is -4.55. The van der Waals surface area contributed by atoms with E-state index in [0.717, 1.165) is 21.8 Å². The van der Waals surface area contributed by atoms with Crippen LogP contribution in [0.2, 0.25) is 0 Å². The van der Waals surface area contributed by atoms with Gasteiger partial charge in [0.1, 0.15) is 17.3 Å². The van der Waals surface area contributed by atoms with Crippen LogP contribution in [0.25, 0.3) is 6.08 Å². The molecule has 1 fully saturated rings. The fraction of sp³-hybridized carbons (Fsp3) is 0.0690. The number of carbonyl (C=O) groups excluding carboxylic acids is 2. The number of anilines is 1. The number of amides is 2. The van der Waals surface area contributed by atoms with Gasteiger partial charge in [0.2, 0.25) is 0 Å². The summed E-state index contributed by atoms with van der Waals surface area (Å²) in [4.78, 5) is 31.8. The number of ether oxygens (including phenoxy) is 1. The molecule has 1 saturated heterocycles. The van der Waals surface area contributed by atoms with E-state index in [1.165, 1.54) is 35.4 Å². The van der Waals surface area contributed by atoms with Crippen LogP contribution < -0.4 is 10.1 Å². The first-order valence-corrected chi connectivity index (χ1v) is 13.8. The van der Waals surface area contributed by atoms with Crippen LogP contribution in [0, 0.1) is 5.82 Å². The average molecular weight is 634 g/mol. The number of nitrogens with one attached hydrogen (secondary N) is 1. The smallest absolute Gasteiger partial charge is 0.267 e. The molecule has 0 saturated carbocycles. The Morgan fingerprint density at radius 3 is 2.78 bits per heavy atom. The molecular formula is C29H21BrFN5O4S. The summed E-state index contributed by atoms with van der Waals surface area (Å²) in [5, 5.41) is 11.5. The molecule has 2 amide bonds. The van der Waals surface area contributed by atoms with Gasteiger partial charge in [0.15, 0.2) is 11.8 Å². The fourth-order valence-electron chi connectivity index (χ4n) is 3.66. The third-order valence-corrected chi connectivity index (χ3v) is 7.05. The summed E-state index contributed by atoms with van der Waals surface area (Å²) < 4.78 is 25.1. The van der Waals surface area contributed by atoms with Gasteiger partial charge in [-0.15, -0.1) is 5.10 Å². The Balaban J connectivity index is 1.36. The van der Waals surface area contributed by atoms with E-state index in [1.54, 1.807) is 61.1 Å². The maximum atomic E-state index is 13.5. The Bertz CT molecular complexity index is 1630. The number of hydrogen-bond donors (Lipinski definition) is 1. The van der Waals surface area contributed by atoms with E-state index in [9.17, 15) is 14.0 Å². The third kappa shape index (κ3) is 7.56. The van der Waals surface area contributed by atoms with Gasteiger partial charge in [-0.25, -0.2) is 4.39 Å². The molecule has 9 nitrogen and oxygen atoms in total. The molecule has 0 unspecified atom stereocenters. The van der Waals surface area contributed by atoms with Gasteiger partial charge in [-0.3, -0.25) is 19.5 Å². The van der Waals surface area contributed by atoms with Gasteiger partial charge < -0.3 is 14.5 Å². The SMILES string of the molecule is O=C(COc1ccc(Br)cc1/C=C1\S/C(=N/N=C\c2cccnc2)N(Cc2ccco2)C1=O)Nc1ccc(F)cc1. The fourth-order valence-corrected chi connectivity index (χ4v) is 4.96. The van der Waals surface area contributed by atoms with Crippen molar-refractivity contribution in [2.24, 2.45) is 10.2 Å². The number of hydrogen-bond acceptors (Lipinski definition) is 8. The van der Waals surface area contributed by atoms with Gasteiger partial charge in [-0.2, -0.15) is 5.10 Å². The molecule has 12 heteroatoms. The first-order chi connectivity index (χ1) is 19.9. The molecule has 4 aromatic rings. The van der Waals surface area contributed by atoms with Gasteiger partial charge in [0, 0.05) is 33.7 Å². The van der Waals surface area contributed by atoms with Crippen molar-refractivity contribution in [3.63, 3.8) is 0 Å². The van der Waals surface area contributed by atoms with E-state index in [1.807, 2.05) is 6.07 Å². The van der Waals surface area contributed by atoms with Crippen LogP contribution in [-0.2, 0) is 16.1 Å². The highest BCUT2D eigenvalue weighted by Gasteiger charge is 2.34. The van der Waals surface area contributed by atoms with Crippen LogP contribution in [0.5, 0.6) is 5.75 Å². The van der Waals surface area contributed by atoms with Crippen LogP contribution >= 0.6 is 27.7 Å². The van der Waals surface area contributed by atoms with E-state index in [0.29, 0.717) is 32.8 Å². The zero-order valence-corrected chi connectivity index (χ0v) is 23.6. The summed E-state index contributed by atoms with van der Waals surface area (Å²) in [6.45, 7) is -0.126. The van der Waals surface area contributed by atoms with E-state index in [2.05, 4.69) is 36.4 Å². The predicted octanol–water partition coefficient (Wildman–Crippen LogP) is 6.10. The van der Waals surface area contributed by atoms with Crippen molar-refractivity contribution in [3.05, 3.63) is 117 Å². The summed E-state index contributed by atoms with van der Waals surface area (Å²) in [5.74, 6) is -0.136. The third-order valence-electron chi connectivity index (χ3n) is 5.56. The lowest BCUT2D eigenvalue weighted by atomic mass is 10.2. The number of carbonyl (C=O) groups is 2. The lowest BCUT2D eigenvalue weighted by molar-refractivity contribution is -0.122. The number of amidine groups is 1. The van der Waals surface area contributed by atoms with Crippen molar-refractivity contribution in [2.45, 2.75) is 6.54 Å². The molecule has 206 valence electrons. The number of nitrogens with zero attached hydrogens (tertiary/aromatic N) is 4. The van der Waals surface area contributed by atoms with E-state index in [-0.39, 0.29) is 19.1 Å². The van der Waals surface area contributed by atoms with Crippen molar-refractivity contribution >= 4 is 62.7 Å². The molecule has 41 heavy (non-hydrogen) atoms. The Morgan fingerprint density at radius 1 is 1.17 bits per heavy atom. The Kier molecular flexibility index (Phi) is 9.02. The summed E-state index contributed by atoms with van der Waals surface area (Å²) in [6, 6.07) is 17.8. The van der Waals surface area contributed by atoms with Crippen LogP contribution in [0.15, 0.2) is 109 Å². The predicted molar refractivity (Wildman–Crippen MR) is 159 cm³/mol. The summed E-state index contributed by atoms with van der Waals surface area (Å²) >= 11 is 4.61.